The second kappa shape index (κ2) is 6.21. The first kappa shape index (κ1) is 14.8. The number of halogens is 4. The zero-order valence-electron chi connectivity index (χ0n) is 9.55. The molecule has 0 heterocycles. The van der Waals surface area contributed by atoms with Crippen LogP contribution >= 0.6 is 63.7 Å². The van der Waals surface area contributed by atoms with Crippen molar-refractivity contribution < 1.29 is 0 Å². The highest BCUT2D eigenvalue weighted by atomic mass is 79.9. The maximum absolute atomic E-state index is 3.78. The largest absolute Gasteiger partial charge is 0.0786 e. The number of alkyl halides is 1. The van der Waals surface area contributed by atoms with Crippen LogP contribution in [0.3, 0.4) is 0 Å². The molecule has 1 unspecified atom stereocenters. The van der Waals surface area contributed by atoms with Crippen molar-refractivity contribution in [2.45, 2.75) is 11.8 Å². The fourth-order valence-electron chi connectivity index (χ4n) is 1.74. The van der Waals surface area contributed by atoms with Crippen LogP contribution in [0.2, 0.25) is 0 Å². The standard InChI is InChI=1S/C14H10Br4/c1-8-3-2-4-10(13(8)17)14(18)11-7-9(15)5-6-12(11)16/h2-7,14H,1H3. The van der Waals surface area contributed by atoms with E-state index >= 15 is 0 Å². The smallest absolute Gasteiger partial charge is 0.0667 e. The van der Waals surface area contributed by atoms with Crippen molar-refractivity contribution >= 4 is 63.7 Å². The summed E-state index contributed by atoms with van der Waals surface area (Å²) in [7, 11) is 0. The molecule has 0 amide bonds. The first-order valence-corrected chi connectivity index (χ1v) is 8.64. The minimum absolute atomic E-state index is 0.152. The average molecular weight is 498 g/mol. The van der Waals surface area contributed by atoms with Crippen molar-refractivity contribution in [3.8, 4) is 0 Å². The maximum Gasteiger partial charge on any atom is 0.0667 e. The Balaban J connectivity index is 2.51. The highest BCUT2D eigenvalue weighted by Gasteiger charge is 2.17. The highest BCUT2D eigenvalue weighted by Crippen LogP contribution is 2.40. The Kier molecular flexibility index (Phi) is 5.09. The second-order valence-electron chi connectivity index (χ2n) is 4.01. The molecule has 18 heavy (non-hydrogen) atoms. The second-order valence-corrected chi connectivity index (χ2v) is 7.49. The minimum Gasteiger partial charge on any atom is -0.0786 e. The van der Waals surface area contributed by atoms with Gasteiger partial charge in [0, 0.05) is 13.4 Å². The molecule has 0 aliphatic heterocycles. The summed E-state index contributed by atoms with van der Waals surface area (Å²) in [6, 6.07) is 12.5. The number of hydrogen-bond donors (Lipinski definition) is 0. The van der Waals surface area contributed by atoms with Crippen molar-refractivity contribution in [3.63, 3.8) is 0 Å². The van der Waals surface area contributed by atoms with Gasteiger partial charge in [-0.2, -0.15) is 0 Å². The van der Waals surface area contributed by atoms with Crippen LogP contribution in [0.1, 0.15) is 21.5 Å². The molecular weight excluding hydrogens is 488 g/mol. The van der Waals surface area contributed by atoms with Crippen molar-refractivity contribution in [3.05, 3.63) is 66.5 Å². The van der Waals surface area contributed by atoms with Crippen LogP contribution in [0, 0.1) is 6.92 Å². The molecule has 0 N–H and O–H groups in total. The molecule has 0 bridgehead atoms. The van der Waals surface area contributed by atoms with Gasteiger partial charge < -0.3 is 0 Å². The van der Waals surface area contributed by atoms with E-state index in [1.807, 2.05) is 6.07 Å². The molecule has 1 atom stereocenters. The van der Waals surface area contributed by atoms with Crippen molar-refractivity contribution in [1.29, 1.82) is 0 Å². The SMILES string of the molecule is Cc1cccc(C(Br)c2cc(Br)ccc2Br)c1Br. The lowest BCUT2D eigenvalue weighted by atomic mass is 10.0. The molecule has 0 aliphatic carbocycles. The van der Waals surface area contributed by atoms with Gasteiger partial charge in [0.15, 0.2) is 0 Å². The Morgan fingerprint density at radius 1 is 0.944 bits per heavy atom. The third-order valence-electron chi connectivity index (χ3n) is 2.73. The highest BCUT2D eigenvalue weighted by molar-refractivity contribution is 9.11. The van der Waals surface area contributed by atoms with Gasteiger partial charge >= 0.3 is 0 Å². The van der Waals surface area contributed by atoms with Crippen molar-refractivity contribution in [2.24, 2.45) is 0 Å². The molecule has 2 aromatic rings. The Morgan fingerprint density at radius 3 is 2.39 bits per heavy atom. The van der Waals surface area contributed by atoms with Crippen LogP contribution in [0.25, 0.3) is 0 Å². The fourth-order valence-corrected chi connectivity index (χ4v) is 4.46. The van der Waals surface area contributed by atoms with E-state index in [0.717, 1.165) is 13.4 Å². The predicted molar refractivity (Wildman–Crippen MR) is 91.5 cm³/mol. The van der Waals surface area contributed by atoms with Crippen LogP contribution in [-0.4, -0.2) is 0 Å². The number of aryl methyl sites for hydroxylation is 1. The van der Waals surface area contributed by atoms with E-state index < -0.39 is 0 Å². The van der Waals surface area contributed by atoms with Crippen LogP contribution < -0.4 is 0 Å². The van der Waals surface area contributed by atoms with Crippen molar-refractivity contribution in [2.75, 3.05) is 0 Å². The summed E-state index contributed by atoms with van der Waals surface area (Å²) in [4.78, 5) is 0.152. The van der Waals surface area contributed by atoms with Gasteiger partial charge in [-0.3, -0.25) is 0 Å². The number of benzene rings is 2. The molecule has 0 saturated carbocycles. The van der Waals surface area contributed by atoms with E-state index in [4.69, 9.17) is 0 Å². The van der Waals surface area contributed by atoms with Crippen LogP contribution in [0.5, 0.6) is 0 Å². The van der Waals surface area contributed by atoms with Crippen LogP contribution in [-0.2, 0) is 0 Å². The third kappa shape index (κ3) is 3.09. The first-order chi connectivity index (χ1) is 8.50. The molecule has 2 rings (SSSR count). The van der Waals surface area contributed by atoms with E-state index in [0.29, 0.717) is 0 Å². The molecule has 4 heteroatoms. The van der Waals surface area contributed by atoms with Gasteiger partial charge in [0.2, 0.25) is 0 Å². The third-order valence-corrected chi connectivity index (χ3v) is 6.01. The average Bonchev–Trinajstić information content (AvgIpc) is 2.35. The molecule has 0 nitrogen and oxygen atoms in total. The van der Waals surface area contributed by atoms with E-state index in [2.05, 4.69) is 101 Å². The Morgan fingerprint density at radius 2 is 1.67 bits per heavy atom. The van der Waals surface area contributed by atoms with E-state index in [1.165, 1.54) is 16.7 Å². The monoisotopic (exact) mass is 494 g/mol. The normalized spacial score (nSPS) is 12.5. The topological polar surface area (TPSA) is 0 Å². The molecule has 0 aromatic heterocycles. The van der Waals surface area contributed by atoms with Gasteiger partial charge in [0.05, 0.1) is 4.83 Å². The quantitative estimate of drug-likeness (QED) is 0.402. The Labute approximate surface area is 141 Å². The van der Waals surface area contributed by atoms with Gasteiger partial charge in [-0.05, 0) is 41.8 Å². The molecule has 0 fully saturated rings. The van der Waals surface area contributed by atoms with Crippen LogP contribution in [0.15, 0.2) is 49.8 Å². The minimum atomic E-state index is 0.152. The first-order valence-electron chi connectivity index (χ1n) is 5.34. The van der Waals surface area contributed by atoms with Gasteiger partial charge in [0.1, 0.15) is 0 Å². The zero-order valence-corrected chi connectivity index (χ0v) is 15.9. The van der Waals surface area contributed by atoms with Gasteiger partial charge in [-0.25, -0.2) is 0 Å². The lowest BCUT2D eigenvalue weighted by Crippen LogP contribution is -1.96. The predicted octanol–water partition coefficient (Wildman–Crippen LogP) is 6.77. The Bertz CT molecular complexity index is 576. The van der Waals surface area contributed by atoms with E-state index in [1.54, 1.807) is 0 Å². The maximum atomic E-state index is 3.78. The molecule has 0 aliphatic rings. The zero-order chi connectivity index (χ0) is 13.3. The summed E-state index contributed by atoms with van der Waals surface area (Å²) in [5, 5.41) is 0. The lowest BCUT2D eigenvalue weighted by molar-refractivity contribution is 1.14. The summed E-state index contributed by atoms with van der Waals surface area (Å²) in [5.41, 5.74) is 3.67. The van der Waals surface area contributed by atoms with Crippen molar-refractivity contribution in [1.82, 2.24) is 0 Å². The summed E-state index contributed by atoms with van der Waals surface area (Å²) in [5.74, 6) is 0. The molecule has 2 aromatic carbocycles. The molecule has 0 radical (unpaired) electrons. The lowest BCUT2D eigenvalue weighted by Gasteiger charge is -2.16. The van der Waals surface area contributed by atoms with Gasteiger partial charge in [-0.15, -0.1) is 0 Å². The summed E-state index contributed by atoms with van der Waals surface area (Å²) in [6.07, 6.45) is 0. The fraction of sp³-hybridized carbons (Fsp3) is 0.143. The molecule has 94 valence electrons. The summed E-state index contributed by atoms with van der Waals surface area (Å²) >= 11 is 14.6. The number of hydrogen-bond acceptors (Lipinski definition) is 0. The van der Waals surface area contributed by atoms with Gasteiger partial charge in [-0.1, -0.05) is 81.9 Å². The summed E-state index contributed by atoms with van der Waals surface area (Å²) in [6.45, 7) is 2.10. The molecule has 0 spiro atoms. The number of rotatable bonds is 2. The van der Waals surface area contributed by atoms with E-state index in [9.17, 15) is 0 Å². The summed E-state index contributed by atoms with van der Waals surface area (Å²) < 4.78 is 3.33. The molecular formula is C14H10Br4. The van der Waals surface area contributed by atoms with Crippen LogP contribution in [0.4, 0.5) is 0 Å². The Hall–Kier alpha value is 0.360. The van der Waals surface area contributed by atoms with Gasteiger partial charge in [0.25, 0.3) is 0 Å². The van der Waals surface area contributed by atoms with E-state index in [-0.39, 0.29) is 4.83 Å². The molecule has 0 saturated heterocycles.